The molecule has 1 aliphatic rings. The van der Waals surface area contributed by atoms with E-state index in [4.69, 9.17) is 0 Å². The van der Waals surface area contributed by atoms with E-state index in [1.807, 2.05) is 18.2 Å². The van der Waals surface area contributed by atoms with Crippen molar-refractivity contribution in [3.63, 3.8) is 0 Å². The van der Waals surface area contributed by atoms with Gasteiger partial charge in [-0.3, -0.25) is 4.79 Å². The van der Waals surface area contributed by atoms with Crippen molar-refractivity contribution in [3.05, 3.63) is 40.4 Å². The molecular formula is C13H14BrNO. The van der Waals surface area contributed by atoms with Crippen LogP contribution >= 0.6 is 15.9 Å². The van der Waals surface area contributed by atoms with Gasteiger partial charge in [0.15, 0.2) is 5.78 Å². The van der Waals surface area contributed by atoms with E-state index < -0.39 is 0 Å². The van der Waals surface area contributed by atoms with Crippen molar-refractivity contribution in [2.75, 3.05) is 18.0 Å². The monoisotopic (exact) mass is 279 g/mol. The molecule has 0 aliphatic carbocycles. The van der Waals surface area contributed by atoms with Crippen LogP contribution in [-0.2, 0) is 0 Å². The van der Waals surface area contributed by atoms with Crippen molar-refractivity contribution < 1.29 is 4.79 Å². The first-order valence-corrected chi connectivity index (χ1v) is 6.18. The number of hydrogen-bond donors (Lipinski definition) is 0. The molecule has 2 rings (SSSR count). The van der Waals surface area contributed by atoms with Gasteiger partial charge in [0.1, 0.15) is 0 Å². The highest BCUT2D eigenvalue weighted by Crippen LogP contribution is 2.28. The molecule has 2 nitrogen and oxygen atoms in total. The topological polar surface area (TPSA) is 20.3 Å². The quantitative estimate of drug-likeness (QED) is 0.611. The van der Waals surface area contributed by atoms with E-state index >= 15 is 0 Å². The Labute approximate surface area is 104 Å². The highest BCUT2D eigenvalue weighted by Gasteiger charge is 2.11. The molecule has 0 unspecified atom stereocenters. The normalized spacial score (nSPS) is 15.2. The van der Waals surface area contributed by atoms with Crippen LogP contribution in [0.15, 0.2) is 34.8 Å². The van der Waals surface area contributed by atoms with Crippen LogP contribution in [0.4, 0.5) is 5.69 Å². The number of carbonyl (C=O) groups is 1. The summed E-state index contributed by atoms with van der Waals surface area (Å²) in [6.07, 6.45) is 5.46. The number of hydrogen-bond acceptors (Lipinski definition) is 2. The second kappa shape index (κ2) is 4.83. The lowest BCUT2D eigenvalue weighted by Crippen LogP contribution is -2.27. The number of anilines is 1. The Bertz CT molecular complexity index is 440. The highest BCUT2D eigenvalue weighted by atomic mass is 79.9. The fraction of sp³-hybridized carbons (Fsp3) is 0.308. The van der Waals surface area contributed by atoms with E-state index in [9.17, 15) is 4.79 Å². The van der Waals surface area contributed by atoms with Crippen molar-refractivity contribution >= 4 is 27.4 Å². The largest absolute Gasteiger partial charge is 0.367 e. The van der Waals surface area contributed by atoms with Crippen LogP contribution in [0.3, 0.4) is 0 Å². The zero-order chi connectivity index (χ0) is 11.5. The van der Waals surface area contributed by atoms with Crippen molar-refractivity contribution in [2.24, 2.45) is 0 Å². The maximum absolute atomic E-state index is 11.2. The van der Waals surface area contributed by atoms with Crippen molar-refractivity contribution in [2.45, 2.75) is 13.3 Å². The minimum atomic E-state index is 0.103. The van der Waals surface area contributed by atoms with Crippen LogP contribution < -0.4 is 4.90 Å². The summed E-state index contributed by atoms with van der Waals surface area (Å²) in [5, 5.41) is 0. The lowest BCUT2D eigenvalue weighted by molar-refractivity contribution is 0.101. The summed E-state index contributed by atoms with van der Waals surface area (Å²) in [4.78, 5) is 13.5. The Morgan fingerprint density at radius 2 is 2.19 bits per heavy atom. The smallest absolute Gasteiger partial charge is 0.159 e. The number of carbonyl (C=O) groups excluding carboxylic acids is 1. The van der Waals surface area contributed by atoms with E-state index in [1.165, 1.54) is 0 Å². The molecule has 0 spiro atoms. The van der Waals surface area contributed by atoms with Crippen LogP contribution in [0.25, 0.3) is 0 Å². The van der Waals surface area contributed by atoms with Gasteiger partial charge in [0.05, 0.1) is 5.69 Å². The van der Waals surface area contributed by atoms with Crippen molar-refractivity contribution in [1.29, 1.82) is 0 Å². The van der Waals surface area contributed by atoms with Crippen LogP contribution in [0, 0.1) is 0 Å². The van der Waals surface area contributed by atoms with Crippen LogP contribution in [-0.4, -0.2) is 18.9 Å². The Morgan fingerprint density at radius 1 is 1.38 bits per heavy atom. The van der Waals surface area contributed by atoms with Gasteiger partial charge in [-0.05, 0) is 47.5 Å². The van der Waals surface area contributed by atoms with E-state index in [2.05, 4.69) is 33.0 Å². The molecule has 0 bridgehead atoms. The zero-order valence-corrected chi connectivity index (χ0v) is 10.8. The Kier molecular flexibility index (Phi) is 3.44. The summed E-state index contributed by atoms with van der Waals surface area (Å²) in [5.41, 5.74) is 1.91. The highest BCUT2D eigenvalue weighted by molar-refractivity contribution is 9.10. The van der Waals surface area contributed by atoms with Gasteiger partial charge in [-0.25, -0.2) is 0 Å². The molecule has 0 amide bonds. The van der Waals surface area contributed by atoms with Gasteiger partial charge in [0, 0.05) is 23.1 Å². The van der Waals surface area contributed by atoms with Gasteiger partial charge in [0.25, 0.3) is 0 Å². The molecule has 3 heteroatoms. The molecular weight excluding hydrogens is 266 g/mol. The molecule has 1 aliphatic heterocycles. The van der Waals surface area contributed by atoms with E-state index in [1.54, 1.807) is 6.92 Å². The molecule has 1 aromatic carbocycles. The fourth-order valence-electron chi connectivity index (χ4n) is 1.84. The van der Waals surface area contributed by atoms with Gasteiger partial charge >= 0.3 is 0 Å². The number of nitrogens with zero attached hydrogens (tertiary/aromatic N) is 1. The Balaban J connectivity index is 2.28. The second-order valence-corrected chi connectivity index (χ2v) is 4.78. The third kappa shape index (κ3) is 2.35. The molecule has 0 N–H and O–H groups in total. The molecule has 0 fully saturated rings. The third-order valence-corrected chi connectivity index (χ3v) is 3.39. The third-order valence-electron chi connectivity index (χ3n) is 2.75. The fourth-order valence-corrected chi connectivity index (χ4v) is 2.47. The van der Waals surface area contributed by atoms with Crippen molar-refractivity contribution in [1.82, 2.24) is 0 Å². The Morgan fingerprint density at radius 3 is 2.75 bits per heavy atom. The molecule has 0 atom stereocenters. The number of rotatable bonds is 2. The lowest BCUT2D eigenvalue weighted by atomic mass is 10.1. The molecule has 0 saturated heterocycles. The van der Waals surface area contributed by atoms with Gasteiger partial charge < -0.3 is 4.90 Å². The van der Waals surface area contributed by atoms with Gasteiger partial charge in [-0.2, -0.15) is 0 Å². The minimum absolute atomic E-state index is 0.103. The summed E-state index contributed by atoms with van der Waals surface area (Å²) in [5.74, 6) is 0.103. The van der Waals surface area contributed by atoms with Crippen LogP contribution in [0.5, 0.6) is 0 Å². The summed E-state index contributed by atoms with van der Waals surface area (Å²) in [6.45, 7) is 3.57. The molecule has 0 aromatic heterocycles. The minimum Gasteiger partial charge on any atom is -0.367 e. The summed E-state index contributed by atoms with van der Waals surface area (Å²) in [7, 11) is 0. The first-order valence-electron chi connectivity index (χ1n) is 5.39. The number of Topliss-reactive ketones (excluding diaryl/α,β-unsaturated/α-hetero) is 1. The van der Waals surface area contributed by atoms with E-state index in [0.29, 0.717) is 0 Å². The van der Waals surface area contributed by atoms with Gasteiger partial charge in [0.2, 0.25) is 0 Å². The van der Waals surface area contributed by atoms with E-state index in [0.717, 1.165) is 35.2 Å². The van der Waals surface area contributed by atoms with Gasteiger partial charge in [-0.15, -0.1) is 0 Å². The average Bonchev–Trinajstić information content (AvgIpc) is 2.30. The maximum atomic E-state index is 11.2. The molecule has 1 heterocycles. The van der Waals surface area contributed by atoms with Gasteiger partial charge in [-0.1, -0.05) is 12.2 Å². The first-order chi connectivity index (χ1) is 7.68. The SMILES string of the molecule is CC(=O)c1ccc(N2CC=CCC2)c(Br)c1. The summed E-state index contributed by atoms with van der Waals surface area (Å²) in [6, 6.07) is 5.80. The molecule has 0 radical (unpaired) electrons. The molecule has 84 valence electrons. The standard InChI is InChI=1S/C13H14BrNO/c1-10(16)11-5-6-13(12(14)9-11)15-7-3-2-4-8-15/h2-3,5-6,9H,4,7-8H2,1H3. The first kappa shape index (κ1) is 11.4. The summed E-state index contributed by atoms with van der Waals surface area (Å²) < 4.78 is 0.996. The zero-order valence-electron chi connectivity index (χ0n) is 9.24. The lowest BCUT2D eigenvalue weighted by Gasteiger charge is -2.26. The second-order valence-electron chi connectivity index (χ2n) is 3.93. The van der Waals surface area contributed by atoms with Crippen molar-refractivity contribution in [3.8, 4) is 0 Å². The molecule has 0 saturated carbocycles. The Hall–Kier alpha value is -1.09. The van der Waals surface area contributed by atoms with Crippen LogP contribution in [0.2, 0.25) is 0 Å². The maximum Gasteiger partial charge on any atom is 0.159 e. The number of ketones is 1. The predicted octanol–water partition coefficient (Wildman–Crippen LogP) is 3.42. The number of benzene rings is 1. The summed E-state index contributed by atoms with van der Waals surface area (Å²) >= 11 is 3.53. The van der Waals surface area contributed by atoms with E-state index in [-0.39, 0.29) is 5.78 Å². The molecule has 1 aromatic rings. The molecule has 16 heavy (non-hydrogen) atoms. The number of halogens is 1. The predicted molar refractivity (Wildman–Crippen MR) is 70.1 cm³/mol. The van der Waals surface area contributed by atoms with Crippen LogP contribution in [0.1, 0.15) is 23.7 Å². The average molecular weight is 280 g/mol.